The zero-order chi connectivity index (χ0) is 13.1. The quantitative estimate of drug-likeness (QED) is 0.765. The molecule has 1 heterocycles. The summed E-state index contributed by atoms with van der Waals surface area (Å²) >= 11 is 1.63. The Bertz CT molecular complexity index is 530. The Morgan fingerprint density at radius 1 is 1.00 bits per heavy atom. The Morgan fingerprint density at radius 2 is 1.67 bits per heavy atom. The third-order valence-electron chi connectivity index (χ3n) is 2.70. The fraction of sp³-hybridized carbons (Fsp3) is 0.333. The zero-order valence-electron chi connectivity index (χ0n) is 11.3. The van der Waals surface area contributed by atoms with Crippen LogP contribution in [0.5, 0.6) is 0 Å². The van der Waals surface area contributed by atoms with Crippen molar-refractivity contribution in [2.45, 2.75) is 43.7 Å². The summed E-state index contributed by atoms with van der Waals surface area (Å²) in [6, 6.07) is 10.6. The molecule has 1 aromatic heterocycles. The van der Waals surface area contributed by atoms with E-state index in [4.69, 9.17) is 0 Å². The van der Waals surface area contributed by atoms with Gasteiger partial charge in [-0.2, -0.15) is 0 Å². The number of hydrogen-bond donors (Lipinski definition) is 0. The lowest BCUT2D eigenvalue weighted by Crippen LogP contribution is -1.93. The summed E-state index contributed by atoms with van der Waals surface area (Å²) < 4.78 is 0. The van der Waals surface area contributed by atoms with Gasteiger partial charge in [0.15, 0.2) is 5.16 Å². The van der Waals surface area contributed by atoms with E-state index in [1.54, 1.807) is 11.8 Å². The summed E-state index contributed by atoms with van der Waals surface area (Å²) in [6.07, 6.45) is 0. The van der Waals surface area contributed by atoms with Gasteiger partial charge in [0.1, 0.15) is 0 Å². The fourth-order valence-corrected chi connectivity index (χ4v) is 2.71. The summed E-state index contributed by atoms with van der Waals surface area (Å²) in [5.74, 6) is 0.547. The molecule has 18 heavy (non-hydrogen) atoms. The van der Waals surface area contributed by atoms with E-state index in [-0.39, 0.29) is 0 Å². The van der Waals surface area contributed by atoms with E-state index in [1.807, 2.05) is 19.9 Å². The van der Waals surface area contributed by atoms with Crippen LogP contribution in [0.2, 0.25) is 0 Å². The normalized spacial score (nSPS) is 10.9. The van der Waals surface area contributed by atoms with E-state index in [0.717, 1.165) is 16.5 Å². The topological polar surface area (TPSA) is 25.8 Å². The van der Waals surface area contributed by atoms with Crippen molar-refractivity contribution >= 4 is 11.8 Å². The maximum atomic E-state index is 4.46. The van der Waals surface area contributed by atoms with Crippen LogP contribution in [0.4, 0.5) is 0 Å². The maximum absolute atomic E-state index is 4.46. The number of aromatic nitrogens is 2. The van der Waals surface area contributed by atoms with Crippen molar-refractivity contribution in [3.8, 4) is 0 Å². The minimum atomic E-state index is 0.547. The highest BCUT2D eigenvalue weighted by Crippen LogP contribution is 2.27. The summed E-state index contributed by atoms with van der Waals surface area (Å²) in [6.45, 7) is 8.42. The molecule has 0 bridgehead atoms. The number of benzene rings is 1. The average molecular weight is 258 g/mol. The fourth-order valence-electron chi connectivity index (χ4n) is 1.78. The van der Waals surface area contributed by atoms with Crippen LogP contribution in [-0.4, -0.2) is 9.97 Å². The van der Waals surface area contributed by atoms with Gasteiger partial charge in [-0.3, -0.25) is 0 Å². The van der Waals surface area contributed by atoms with E-state index >= 15 is 0 Å². The smallest absolute Gasteiger partial charge is 0.192 e. The van der Waals surface area contributed by atoms with Crippen molar-refractivity contribution in [1.82, 2.24) is 9.97 Å². The molecule has 0 aliphatic carbocycles. The highest BCUT2D eigenvalue weighted by atomic mass is 32.2. The minimum absolute atomic E-state index is 0.547. The molecule has 2 rings (SSSR count). The SMILES string of the molecule is Cc1cc(C)nc(Sc2cccc(C(C)C)c2)n1. The van der Waals surface area contributed by atoms with Gasteiger partial charge >= 0.3 is 0 Å². The molecule has 94 valence electrons. The van der Waals surface area contributed by atoms with E-state index in [9.17, 15) is 0 Å². The van der Waals surface area contributed by atoms with Crippen LogP contribution in [0.3, 0.4) is 0 Å². The Hall–Kier alpha value is -1.35. The Balaban J connectivity index is 2.25. The predicted molar refractivity (Wildman–Crippen MR) is 76.2 cm³/mol. The predicted octanol–water partition coefficient (Wildman–Crippen LogP) is 4.37. The molecule has 3 heteroatoms. The molecule has 0 saturated heterocycles. The van der Waals surface area contributed by atoms with Gasteiger partial charge in [-0.1, -0.05) is 26.0 Å². The highest BCUT2D eigenvalue weighted by molar-refractivity contribution is 7.99. The van der Waals surface area contributed by atoms with Crippen LogP contribution in [0, 0.1) is 13.8 Å². The van der Waals surface area contributed by atoms with Gasteiger partial charge in [-0.05, 0) is 55.3 Å². The third-order valence-corrected chi connectivity index (χ3v) is 3.55. The van der Waals surface area contributed by atoms with Crippen molar-refractivity contribution in [2.75, 3.05) is 0 Å². The molecular weight excluding hydrogens is 240 g/mol. The molecule has 0 fully saturated rings. The highest BCUT2D eigenvalue weighted by Gasteiger charge is 2.05. The van der Waals surface area contributed by atoms with Crippen LogP contribution < -0.4 is 0 Å². The molecule has 0 aliphatic heterocycles. The first kappa shape index (κ1) is 13.1. The van der Waals surface area contributed by atoms with Crippen LogP contribution >= 0.6 is 11.8 Å². The molecular formula is C15H18N2S. The monoisotopic (exact) mass is 258 g/mol. The average Bonchev–Trinajstić information content (AvgIpc) is 2.27. The van der Waals surface area contributed by atoms with E-state index in [0.29, 0.717) is 5.92 Å². The third kappa shape index (κ3) is 3.33. The standard InChI is InChI=1S/C15H18N2S/c1-10(2)13-6-5-7-14(9-13)18-15-16-11(3)8-12(4)17-15/h5-10H,1-4H3. The molecule has 0 unspecified atom stereocenters. The molecule has 0 saturated carbocycles. The summed E-state index contributed by atoms with van der Waals surface area (Å²) in [5, 5.41) is 0.827. The summed E-state index contributed by atoms with van der Waals surface area (Å²) in [7, 11) is 0. The van der Waals surface area contributed by atoms with Crippen LogP contribution in [0.15, 0.2) is 40.4 Å². The largest absolute Gasteiger partial charge is 0.228 e. The second kappa shape index (κ2) is 5.53. The first-order valence-corrected chi connectivity index (χ1v) is 6.96. The van der Waals surface area contributed by atoms with E-state index in [1.165, 1.54) is 10.5 Å². The first-order valence-electron chi connectivity index (χ1n) is 6.14. The number of hydrogen-bond acceptors (Lipinski definition) is 3. The Labute approximate surface area is 113 Å². The van der Waals surface area contributed by atoms with Gasteiger partial charge in [0.25, 0.3) is 0 Å². The molecule has 0 amide bonds. The van der Waals surface area contributed by atoms with Crippen molar-refractivity contribution in [2.24, 2.45) is 0 Å². The summed E-state index contributed by atoms with van der Waals surface area (Å²) in [4.78, 5) is 10.1. The molecule has 0 spiro atoms. The van der Waals surface area contributed by atoms with Crippen molar-refractivity contribution in [3.63, 3.8) is 0 Å². The number of rotatable bonds is 3. The van der Waals surface area contributed by atoms with Gasteiger partial charge < -0.3 is 0 Å². The van der Waals surface area contributed by atoms with Crippen molar-refractivity contribution in [1.29, 1.82) is 0 Å². The molecule has 2 aromatic rings. The minimum Gasteiger partial charge on any atom is -0.228 e. The first-order chi connectivity index (χ1) is 8.54. The van der Waals surface area contributed by atoms with Gasteiger partial charge in [0.05, 0.1) is 0 Å². The lowest BCUT2D eigenvalue weighted by molar-refractivity contribution is 0.861. The van der Waals surface area contributed by atoms with Crippen LogP contribution in [-0.2, 0) is 0 Å². The van der Waals surface area contributed by atoms with Gasteiger partial charge in [0, 0.05) is 16.3 Å². The van der Waals surface area contributed by atoms with E-state index in [2.05, 4.69) is 48.1 Å². The lowest BCUT2D eigenvalue weighted by atomic mass is 10.0. The van der Waals surface area contributed by atoms with E-state index < -0.39 is 0 Å². The van der Waals surface area contributed by atoms with Gasteiger partial charge in [0.2, 0.25) is 0 Å². The van der Waals surface area contributed by atoms with Crippen molar-refractivity contribution < 1.29 is 0 Å². The second-order valence-electron chi connectivity index (χ2n) is 4.76. The van der Waals surface area contributed by atoms with Crippen molar-refractivity contribution in [3.05, 3.63) is 47.3 Å². The maximum Gasteiger partial charge on any atom is 0.192 e. The van der Waals surface area contributed by atoms with Gasteiger partial charge in [-0.25, -0.2) is 9.97 Å². The number of nitrogens with zero attached hydrogens (tertiary/aromatic N) is 2. The molecule has 2 nitrogen and oxygen atoms in total. The van der Waals surface area contributed by atoms with Crippen LogP contribution in [0.1, 0.15) is 36.7 Å². The number of aryl methyl sites for hydroxylation is 2. The molecule has 0 N–H and O–H groups in total. The second-order valence-corrected chi connectivity index (χ2v) is 5.80. The molecule has 0 aliphatic rings. The molecule has 0 atom stereocenters. The molecule has 0 radical (unpaired) electrons. The Morgan fingerprint density at radius 3 is 2.28 bits per heavy atom. The van der Waals surface area contributed by atoms with Gasteiger partial charge in [-0.15, -0.1) is 0 Å². The zero-order valence-corrected chi connectivity index (χ0v) is 12.1. The summed E-state index contributed by atoms with van der Waals surface area (Å²) in [5.41, 5.74) is 3.39. The van der Waals surface area contributed by atoms with Crippen LogP contribution in [0.25, 0.3) is 0 Å². The molecule has 1 aromatic carbocycles. The Kier molecular flexibility index (Phi) is 4.02. The lowest BCUT2D eigenvalue weighted by Gasteiger charge is -2.07.